The van der Waals surface area contributed by atoms with E-state index in [2.05, 4.69) is 38.5 Å². The Bertz CT molecular complexity index is 158. The summed E-state index contributed by atoms with van der Waals surface area (Å²) in [7, 11) is 0. The highest BCUT2D eigenvalue weighted by Crippen LogP contribution is 2.29. The van der Waals surface area contributed by atoms with Crippen LogP contribution in [0.1, 0.15) is 53.4 Å². The summed E-state index contributed by atoms with van der Waals surface area (Å²) in [5.41, 5.74) is 7.23. The minimum absolute atomic E-state index is 0.306. The summed E-state index contributed by atoms with van der Waals surface area (Å²) in [5.74, 6) is 0.777. The highest BCUT2D eigenvalue weighted by atomic mass is 15.4. The molecule has 0 radical (unpaired) electrons. The van der Waals surface area contributed by atoms with Crippen LogP contribution in [0.25, 0.3) is 0 Å². The molecule has 2 N–H and O–H groups in total. The van der Waals surface area contributed by atoms with Crippen LogP contribution in [0.5, 0.6) is 0 Å². The Labute approximate surface area is 82.5 Å². The second-order valence-corrected chi connectivity index (χ2v) is 4.68. The monoisotopic (exact) mass is 184 g/mol. The molecule has 3 unspecified atom stereocenters. The number of hydrogen-bond donors (Lipinski definition) is 2. The molecule has 1 aliphatic heterocycles. The zero-order valence-corrected chi connectivity index (χ0v) is 9.48. The first-order valence-corrected chi connectivity index (χ1v) is 5.65. The smallest absolute Gasteiger partial charge is 0.0321 e. The van der Waals surface area contributed by atoms with Crippen molar-refractivity contribution in [3.8, 4) is 0 Å². The zero-order chi connectivity index (χ0) is 9.90. The van der Waals surface area contributed by atoms with E-state index < -0.39 is 0 Å². The van der Waals surface area contributed by atoms with E-state index in [9.17, 15) is 0 Å². The predicted octanol–water partition coefficient (Wildman–Crippen LogP) is 2.46. The van der Waals surface area contributed by atoms with Gasteiger partial charge in [-0.3, -0.25) is 10.9 Å². The quantitative estimate of drug-likeness (QED) is 0.704. The van der Waals surface area contributed by atoms with Crippen molar-refractivity contribution in [1.29, 1.82) is 0 Å². The van der Waals surface area contributed by atoms with Crippen molar-refractivity contribution in [2.75, 3.05) is 0 Å². The molecule has 78 valence electrons. The highest BCUT2D eigenvalue weighted by Gasteiger charge is 2.35. The van der Waals surface area contributed by atoms with Crippen LogP contribution in [0.2, 0.25) is 0 Å². The van der Waals surface area contributed by atoms with Gasteiger partial charge in [0.05, 0.1) is 0 Å². The topological polar surface area (TPSA) is 24.1 Å². The fourth-order valence-electron chi connectivity index (χ4n) is 2.23. The third kappa shape index (κ3) is 2.44. The van der Waals surface area contributed by atoms with Gasteiger partial charge in [-0.1, -0.05) is 27.2 Å². The van der Waals surface area contributed by atoms with Crippen LogP contribution in [-0.2, 0) is 0 Å². The minimum atomic E-state index is 0.306. The lowest BCUT2D eigenvalue weighted by atomic mass is 9.78. The summed E-state index contributed by atoms with van der Waals surface area (Å²) >= 11 is 0. The van der Waals surface area contributed by atoms with Crippen LogP contribution in [0.4, 0.5) is 0 Å². The average molecular weight is 184 g/mol. The van der Waals surface area contributed by atoms with Crippen molar-refractivity contribution >= 4 is 0 Å². The number of nitrogens with one attached hydrogen (secondary N) is 2. The molecule has 0 spiro atoms. The van der Waals surface area contributed by atoms with Crippen LogP contribution in [-0.4, -0.2) is 11.6 Å². The van der Waals surface area contributed by atoms with Crippen molar-refractivity contribution < 1.29 is 0 Å². The molecule has 3 atom stereocenters. The average Bonchev–Trinajstić information content (AvgIpc) is 2.11. The van der Waals surface area contributed by atoms with Crippen LogP contribution in [0.15, 0.2) is 0 Å². The Balaban J connectivity index is 2.51. The van der Waals surface area contributed by atoms with Gasteiger partial charge in [0, 0.05) is 11.6 Å². The molecular weight excluding hydrogens is 160 g/mol. The van der Waals surface area contributed by atoms with Crippen LogP contribution in [0, 0.1) is 5.92 Å². The first-order chi connectivity index (χ1) is 6.12. The Kier molecular flexibility index (Phi) is 3.74. The van der Waals surface area contributed by atoms with E-state index in [0.717, 1.165) is 5.92 Å². The summed E-state index contributed by atoms with van der Waals surface area (Å²) in [6.07, 6.45) is 5.05. The molecule has 13 heavy (non-hydrogen) atoms. The lowest BCUT2D eigenvalue weighted by molar-refractivity contribution is 0.112. The van der Waals surface area contributed by atoms with Crippen LogP contribution < -0.4 is 10.9 Å². The fraction of sp³-hybridized carbons (Fsp3) is 1.00. The lowest BCUT2D eigenvalue weighted by Gasteiger charge is -2.44. The van der Waals surface area contributed by atoms with Gasteiger partial charge in [0.1, 0.15) is 0 Å². The molecule has 0 aromatic heterocycles. The van der Waals surface area contributed by atoms with Gasteiger partial charge in [-0.15, -0.1) is 0 Å². The molecular formula is C11H24N2. The van der Waals surface area contributed by atoms with E-state index in [-0.39, 0.29) is 0 Å². The summed E-state index contributed by atoms with van der Waals surface area (Å²) < 4.78 is 0. The first-order valence-electron chi connectivity index (χ1n) is 5.65. The SMILES string of the molecule is CCCC1(C)NNC(CC)CC1C. The van der Waals surface area contributed by atoms with E-state index in [1.807, 2.05) is 0 Å². The van der Waals surface area contributed by atoms with Crippen molar-refractivity contribution in [3.05, 3.63) is 0 Å². The fourth-order valence-corrected chi connectivity index (χ4v) is 2.23. The predicted molar refractivity (Wildman–Crippen MR) is 57.4 cm³/mol. The minimum Gasteiger partial charge on any atom is -0.254 e. The molecule has 0 aromatic carbocycles. The van der Waals surface area contributed by atoms with Gasteiger partial charge in [-0.05, 0) is 32.1 Å². The largest absolute Gasteiger partial charge is 0.254 e. The standard InChI is InChI=1S/C11H24N2/c1-5-7-11(4)9(3)8-10(6-2)12-13-11/h9-10,12-13H,5-8H2,1-4H3. The van der Waals surface area contributed by atoms with E-state index in [1.54, 1.807) is 0 Å². The summed E-state index contributed by atoms with van der Waals surface area (Å²) in [6.45, 7) is 9.20. The molecule has 1 heterocycles. The third-order valence-corrected chi connectivity index (χ3v) is 3.55. The Morgan fingerprint density at radius 1 is 1.38 bits per heavy atom. The van der Waals surface area contributed by atoms with Gasteiger partial charge < -0.3 is 0 Å². The number of rotatable bonds is 3. The molecule has 1 saturated heterocycles. The molecule has 1 fully saturated rings. The molecule has 1 rings (SSSR count). The highest BCUT2D eigenvalue weighted by molar-refractivity contribution is 4.92. The van der Waals surface area contributed by atoms with Gasteiger partial charge in [-0.25, -0.2) is 0 Å². The first kappa shape index (κ1) is 11.0. The van der Waals surface area contributed by atoms with Crippen molar-refractivity contribution in [2.24, 2.45) is 5.92 Å². The van der Waals surface area contributed by atoms with Gasteiger partial charge in [0.15, 0.2) is 0 Å². The van der Waals surface area contributed by atoms with Crippen molar-refractivity contribution in [2.45, 2.75) is 65.0 Å². The Morgan fingerprint density at radius 2 is 2.08 bits per heavy atom. The molecule has 0 saturated carbocycles. The molecule has 2 nitrogen and oxygen atoms in total. The van der Waals surface area contributed by atoms with E-state index in [4.69, 9.17) is 0 Å². The second kappa shape index (κ2) is 4.43. The summed E-state index contributed by atoms with van der Waals surface area (Å²) in [6, 6.07) is 0.667. The molecule has 2 heteroatoms. The number of hydrazine groups is 1. The van der Waals surface area contributed by atoms with E-state index in [1.165, 1.54) is 25.7 Å². The molecule has 0 aromatic rings. The maximum atomic E-state index is 3.50. The molecule has 0 aliphatic carbocycles. The molecule has 1 aliphatic rings. The van der Waals surface area contributed by atoms with Gasteiger partial charge in [-0.2, -0.15) is 0 Å². The van der Waals surface area contributed by atoms with E-state index >= 15 is 0 Å². The normalized spacial score (nSPS) is 40.6. The maximum absolute atomic E-state index is 3.50. The van der Waals surface area contributed by atoms with Crippen molar-refractivity contribution in [1.82, 2.24) is 10.9 Å². The van der Waals surface area contributed by atoms with Gasteiger partial charge in [0.25, 0.3) is 0 Å². The maximum Gasteiger partial charge on any atom is 0.0321 e. The van der Waals surface area contributed by atoms with Gasteiger partial charge >= 0.3 is 0 Å². The third-order valence-electron chi connectivity index (χ3n) is 3.55. The Morgan fingerprint density at radius 3 is 2.54 bits per heavy atom. The number of hydrogen-bond acceptors (Lipinski definition) is 2. The second-order valence-electron chi connectivity index (χ2n) is 4.68. The van der Waals surface area contributed by atoms with Crippen LogP contribution in [0.3, 0.4) is 0 Å². The zero-order valence-electron chi connectivity index (χ0n) is 9.48. The molecule has 0 bridgehead atoms. The van der Waals surface area contributed by atoms with Gasteiger partial charge in [0.2, 0.25) is 0 Å². The molecule has 0 amide bonds. The summed E-state index contributed by atoms with van der Waals surface area (Å²) in [4.78, 5) is 0. The summed E-state index contributed by atoms with van der Waals surface area (Å²) in [5, 5.41) is 0. The Hall–Kier alpha value is -0.0800. The van der Waals surface area contributed by atoms with Crippen LogP contribution >= 0.6 is 0 Å². The van der Waals surface area contributed by atoms with E-state index in [0.29, 0.717) is 11.6 Å². The lowest BCUT2D eigenvalue weighted by Crippen LogP contribution is -2.62. The van der Waals surface area contributed by atoms with Crippen molar-refractivity contribution in [3.63, 3.8) is 0 Å².